The fourth-order valence-electron chi connectivity index (χ4n) is 6.11. The van der Waals surface area contributed by atoms with E-state index in [1.807, 2.05) is 0 Å². The normalized spacial score (nSPS) is 17.9. The Hall–Kier alpha value is -7.43. The Morgan fingerprint density at radius 2 is 1.02 bits per heavy atom. The number of hydrogen-bond donors (Lipinski definition) is 0. The molecule has 10 aromatic rings. The first-order valence-corrected chi connectivity index (χ1v) is 16.4. The molecule has 0 saturated heterocycles. The Morgan fingerprint density at radius 3 is 1.85 bits per heavy atom. The molecule has 0 fully saturated rings. The van der Waals surface area contributed by atoms with Gasteiger partial charge in [-0.3, -0.25) is 0 Å². The molecule has 10 rings (SSSR count). The largest absolute Gasteiger partial charge is 0.310 e. The molecule has 2 heterocycles. The molecule has 0 N–H and O–H groups in total. The van der Waals surface area contributed by atoms with Crippen LogP contribution < -0.4 is 4.90 Å². The van der Waals surface area contributed by atoms with Crippen molar-refractivity contribution in [3.05, 3.63) is 206 Å². The molecule has 2 aromatic heterocycles. The Bertz CT molecular complexity index is 4450. The minimum Gasteiger partial charge on any atom is -0.310 e. The second-order valence-electron chi connectivity index (χ2n) is 11.6. The van der Waals surface area contributed by atoms with E-state index in [9.17, 15) is 5.48 Å². The van der Waals surface area contributed by atoms with Crippen molar-refractivity contribution >= 4 is 49.5 Å². The van der Waals surface area contributed by atoms with Crippen molar-refractivity contribution in [1.29, 1.82) is 0 Å². The molecule has 0 aliphatic rings. The minimum atomic E-state index is -0.909. The van der Waals surface area contributed by atoms with Crippen molar-refractivity contribution in [2.75, 3.05) is 4.90 Å². The first-order chi connectivity index (χ1) is 38.0. The van der Waals surface area contributed by atoms with Crippen LogP contribution in [0.1, 0.15) is 35.6 Å². The lowest BCUT2D eigenvalue weighted by Crippen LogP contribution is -2.10. The molecule has 0 saturated carbocycles. The number of benzene rings is 8. The number of aromatic nitrogens is 3. The van der Waals surface area contributed by atoms with Gasteiger partial charge in [0.25, 0.3) is 0 Å². The minimum absolute atomic E-state index is 0.0805. The molecule has 0 radical (unpaired) electrons. The van der Waals surface area contributed by atoms with E-state index in [1.54, 1.807) is 0 Å². The molecule has 0 bridgehead atoms. The highest BCUT2D eigenvalue weighted by molar-refractivity contribution is 6.25. The van der Waals surface area contributed by atoms with Crippen LogP contribution >= 0.6 is 0 Å². The molecule has 0 aliphatic carbocycles. The summed E-state index contributed by atoms with van der Waals surface area (Å²) in [6.45, 7) is 0. The van der Waals surface area contributed by atoms with Crippen molar-refractivity contribution in [3.63, 3.8) is 0 Å². The molecule has 258 valence electrons. The maximum atomic E-state index is 10.3. The van der Waals surface area contributed by atoms with E-state index in [0.717, 1.165) is 41.3 Å². The number of para-hydroxylation sites is 3. The summed E-state index contributed by atoms with van der Waals surface area (Å²) >= 11 is 0. The molecule has 0 aliphatic heterocycles. The second kappa shape index (κ2) is 13.8. The van der Waals surface area contributed by atoms with Crippen molar-refractivity contribution < 1.29 is 35.6 Å². The van der Waals surface area contributed by atoms with E-state index in [2.05, 4.69) is 9.97 Å². The van der Waals surface area contributed by atoms with Gasteiger partial charge in [-0.1, -0.05) is 163 Å². The highest BCUT2D eigenvalue weighted by Gasteiger charge is 2.21. The standard InChI is InChI=1S/C51H34N4/c1-5-17-35(18-6-1)46-34-47(36-19-7-2-8-20-36)54-51(53-46)38-31-29-37(30-32-38)50-44-33-48(55(39-21-9-3-10-22-39)40-23-11-4-12-24-40)41-25-13-14-26-42(41)49(44)43-27-15-16-28-45(43)52-50/h1-34H/i1D,3D,4D,5D,6D,7D,9D,10D,11D,12D,13D,14D,15D,16D,17D,18D,19D,20D,21D,22D,23D,28D,29D,31D,33D,34D. The number of anilines is 3. The average molecular weight is 729 g/mol. The SMILES string of the molecule is [2H]c1cc2c(N(c3cc([2H])c([2H])c([2H])c3[2H])c3c([2H])c([2H])c([2H])c([2H])c3[2H])c([2H])c3c(-c4ccc(-c5nc(-c6c([2H])ccc([2H])c6[2H])c([2H])c(-c6c([2H])c([2H])c([2H])c([2H])c6[2H])n5)c([2H])c4[2H])nc4c([2H])c([2H])c([2H])cc4c3c2cc1[2H]. The van der Waals surface area contributed by atoms with Gasteiger partial charge in [0.05, 0.1) is 63.9 Å². The third kappa shape index (κ3) is 5.96. The Balaban J connectivity index is 1.37. The van der Waals surface area contributed by atoms with Gasteiger partial charge in [-0.05, 0) is 47.7 Å². The first kappa shape index (κ1) is 15.1. The van der Waals surface area contributed by atoms with Gasteiger partial charge in [0.15, 0.2) is 5.82 Å². The first-order valence-electron chi connectivity index (χ1n) is 29.4. The van der Waals surface area contributed by atoms with Gasteiger partial charge < -0.3 is 4.90 Å². The summed E-state index contributed by atoms with van der Waals surface area (Å²) in [6, 6.07) is -9.54. The van der Waals surface area contributed by atoms with E-state index in [-0.39, 0.29) is 43.6 Å². The lowest BCUT2D eigenvalue weighted by atomic mass is 9.93. The predicted octanol–water partition coefficient (Wildman–Crippen LogP) is 13.5. The van der Waals surface area contributed by atoms with Gasteiger partial charge in [0.1, 0.15) is 0 Å². The fourth-order valence-corrected chi connectivity index (χ4v) is 6.11. The van der Waals surface area contributed by atoms with E-state index < -0.39 is 208 Å². The highest BCUT2D eigenvalue weighted by Crippen LogP contribution is 2.45. The molecule has 4 heteroatoms. The number of rotatable bonds is 7. The molecular weight excluding hydrogens is 669 g/mol. The van der Waals surface area contributed by atoms with Gasteiger partial charge >= 0.3 is 0 Å². The smallest absolute Gasteiger partial charge is 0.160 e. The molecule has 0 atom stereocenters. The number of hydrogen-bond acceptors (Lipinski definition) is 4. The summed E-state index contributed by atoms with van der Waals surface area (Å²) in [5.41, 5.74) is -5.36. The summed E-state index contributed by atoms with van der Waals surface area (Å²) in [5, 5.41) is -0.825. The van der Waals surface area contributed by atoms with Crippen LogP contribution in [0, 0.1) is 0 Å². The van der Waals surface area contributed by atoms with Gasteiger partial charge in [0, 0.05) is 55.2 Å². The van der Waals surface area contributed by atoms with Crippen LogP contribution in [0.4, 0.5) is 17.1 Å². The van der Waals surface area contributed by atoms with Gasteiger partial charge in [-0.25, -0.2) is 15.0 Å². The highest BCUT2D eigenvalue weighted by atomic mass is 15.1. The molecule has 0 amide bonds. The molecule has 0 unspecified atom stereocenters. The van der Waals surface area contributed by atoms with Crippen LogP contribution in [0.3, 0.4) is 0 Å². The van der Waals surface area contributed by atoms with Crippen molar-refractivity contribution in [2.24, 2.45) is 0 Å². The molecule has 55 heavy (non-hydrogen) atoms. The zero-order valence-electron chi connectivity index (χ0n) is 53.9. The molecule has 0 spiro atoms. The lowest BCUT2D eigenvalue weighted by molar-refractivity contribution is 1.18. The van der Waals surface area contributed by atoms with Crippen molar-refractivity contribution in [1.82, 2.24) is 15.0 Å². The quantitative estimate of drug-likeness (QED) is 0.153. The van der Waals surface area contributed by atoms with E-state index in [4.69, 9.17) is 35.1 Å². The summed E-state index contributed by atoms with van der Waals surface area (Å²) < 4.78 is 230. The molecule has 4 nitrogen and oxygen atoms in total. The van der Waals surface area contributed by atoms with Crippen LogP contribution in [-0.2, 0) is 0 Å². The van der Waals surface area contributed by atoms with E-state index in [0.29, 0.717) is 0 Å². The second-order valence-corrected chi connectivity index (χ2v) is 11.6. The Labute approximate surface area is 356 Å². The third-order valence-corrected chi connectivity index (χ3v) is 8.47. The molecular formula is C51H34N4. The zero-order valence-corrected chi connectivity index (χ0v) is 27.9. The monoisotopic (exact) mass is 728 g/mol. The number of fused-ring (bicyclic) bond motifs is 5. The summed E-state index contributed by atoms with van der Waals surface area (Å²) in [7, 11) is 0. The Kier molecular flexibility index (Phi) is 3.81. The van der Waals surface area contributed by atoms with Crippen molar-refractivity contribution in [2.45, 2.75) is 0 Å². The van der Waals surface area contributed by atoms with Crippen LogP contribution in [0.2, 0.25) is 0 Å². The summed E-state index contributed by atoms with van der Waals surface area (Å²) in [5.74, 6) is -0.543. The van der Waals surface area contributed by atoms with Gasteiger partial charge in [0.2, 0.25) is 0 Å². The number of nitrogens with zero attached hydrogens (tertiary/aromatic N) is 4. The average Bonchev–Trinajstić information content (AvgIpc) is 2.33. The topological polar surface area (TPSA) is 41.9 Å². The zero-order chi connectivity index (χ0) is 59.2. The van der Waals surface area contributed by atoms with E-state index in [1.165, 1.54) is 12.1 Å². The van der Waals surface area contributed by atoms with Crippen LogP contribution in [0.25, 0.3) is 77.6 Å². The summed E-state index contributed by atoms with van der Waals surface area (Å²) in [4.78, 5) is 14.5. The van der Waals surface area contributed by atoms with Crippen LogP contribution in [0.15, 0.2) is 206 Å². The van der Waals surface area contributed by atoms with Gasteiger partial charge in [-0.2, -0.15) is 0 Å². The predicted molar refractivity (Wildman–Crippen MR) is 229 cm³/mol. The number of pyridine rings is 1. The maximum Gasteiger partial charge on any atom is 0.160 e. The maximum absolute atomic E-state index is 10.3. The summed E-state index contributed by atoms with van der Waals surface area (Å²) in [6.07, 6.45) is 0. The van der Waals surface area contributed by atoms with Crippen LogP contribution in [0.5, 0.6) is 0 Å². The fraction of sp³-hybridized carbons (Fsp3) is 0. The van der Waals surface area contributed by atoms with Crippen LogP contribution in [-0.4, -0.2) is 15.0 Å². The Morgan fingerprint density at radius 1 is 0.400 bits per heavy atom. The lowest BCUT2D eigenvalue weighted by Gasteiger charge is -2.28. The molecule has 8 aromatic carbocycles. The van der Waals surface area contributed by atoms with E-state index >= 15 is 0 Å². The van der Waals surface area contributed by atoms with Crippen molar-refractivity contribution in [3.8, 4) is 45.2 Å². The third-order valence-electron chi connectivity index (χ3n) is 8.47. The van der Waals surface area contributed by atoms with Gasteiger partial charge in [-0.15, -0.1) is 0 Å².